The van der Waals surface area contributed by atoms with Crippen molar-refractivity contribution in [2.45, 2.75) is 6.54 Å². The number of thioether (sulfide) groups is 1. The lowest BCUT2D eigenvalue weighted by Crippen LogP contribution is -2.42. The Kier molecular flexibility index (Phi) is 2.86. The van der Waals surface area contributed by atoms with Crippen molar-refractivity contribution in [3.05, 3.63) is 11.8 Å². The number of nitrogen functional groups attached to an aromatic ring is 1. The quantitative estimate of drug-likeness (QED) is 0.712. The summed E-state index contributed by atoms with van der Waals surface area (Å²) in [5.41, 5.74) is 6.46. The largest absolute Gasteiger partial charge is 0.384 e. The molecule has 0 spiro atoms. The molecule has 2 rings (SSSR count). The highest BCUT2D eigenvalue weighted by molar-refractivity contribution is 8.00. The van der Waals surface area contributed by atoms with Gasteiger partial charge in [-0.2, -0.15) is 5.10 Å². The van der Waals surface area contributed by atoms with Crippen molar-refractivity contribution in [1.29, 1.82) is 0 Å². The molecule has 0 unspecified atom stereocenters. The molecule has 0 aromatic carbocycles. The highest BCUT2D eigenvalue weighted by Crippen LogP contribution is 2.18. The van der Waals surface area contributed by atoms with Gasteiger partial charge in [0.1, 0.15) is 5.82 Å². The Hall–Kier alpha value is -1.50. The van der Waals surface area contributed by atoms with E-state index in [1.54, 1.807) is 13.2 Å². The van der Waals surface area contributed by atoms with Gasteiger partial charge in [0.2, 0.25) is 11.8 Å². The van der Waals surface area contributed by atoms with Crippen LogP contribution in [-0.4, -0.2) is 38.0 Å². The molecule has 1 aliphatic heterocycles. The minimum Gasteiger partial charge on any atom is -0.384 e. The number of amides is 2. The van der Waals surface area contributed by atoms with Crippen molar-refractivity contribution >= 4 is 29.4 Å². The molecule has 0 aliphatic carbocycles. The van der Waals surface area contributed by atoms with E-state index in [1.807, 2.05) is 0 Å². The molecule has 2 heterocycles. The lowest BCUT2D eigenvalue weighted by molar-refractivity contribution is -0.142. The molecule has 0 atom stereocenters. The van der Waals surface area contributed by atoms with E-state index in [9.17, 15) is 9.59 Å². The van der Waals surface area contributed by atoms with Crippen LogP contribution in [0.3, 0.4) is 0 Å². The maximum atomic E-state index is 11.5. The Morgan fingerprint density at radius 3 is 2.56 bits per heavy atom. The number of nitrogens with two attached hydrogens (primary N) is 1. The minimum atomic E-state index is -0.162. The van der Waals surface area contributed by atoms with E-state index in [4.69, 9.17) is 5.73 Å². The molecule has 2 N–H and O–H groups in total. The summed E-state index contributed by atoms with van der Waals surface area (Å²) in [7, 11) is 1.72. The Morgan fingerprint density at radius 2 is 2.06 bits per heavy atom. The number of aryl methyl sites for hydroxylation is 1. The van der Waals surface area contributed by atoms with E-state index < -0.39 is 0 Å². The van der Waals surface area contributed by atoms with Gasteiger partial charge >= 0.3 is 0 Å². The monoisotopic (exact) mass is 240 g/mol. The number of imide groups is 1. The van der Waals surface area contributed by atoms with Crippen molar-refractivity contribution in [3.63, 3.8) is 0 Å². The molecular weight excluding hydrogens is 228 g/mol. The number of carbonyl (C=O) groups is 2. The zero-order valence-corrected chi connectivity index (χ0v) is 9.66. The maximum Gasteiger partial charge on any atom is 0.239 e. The number of nitrogens with zero attached hydrogens (tertiary/aromatic N) is 3. The Balaban J connectivity index is 2.17. The molecule has 1 aliphatic rings. The Labute approximate surface area is 96.8 Å². The van der Waals surface area contributed by atoms with Crippen LogP contribution in [0, 0.1) is 0 Å². The molecule has 86 valence electrons. The number of hydrogen-bond donors (Lipinski definition) is 1. The van der Waals surface area contributed by atoms with Crippen LogP contribution >= 0.6 is 11.8 Å². The fourth-order valence-electron chi connectivity index (χ4n) is 1.48. The lowest BCUT2D eigenvalue weighted by Gasteiger charge is -2.24. The zero-order chi connectivity index (χ0) is 11.7. The number of aromatic nitrogens is 2. The van der Waals surface area contributed by atoms with Crippen LogP contribution in [0.25, 0.3) is 0 Å². The predicted molar refractivity (Wildman–Crippen MR) is 60.5 cm³/mol. The summed E-state index contributed by atoms with van der Waals surface area (Å²) in [4.78, 5) is 24.3. The van der Waals surface area contributed by atoms with Gasteiger partial charge in [-0.25, -0.2) is 0 Å². The molecule has 2 amide bonds. The third-order valence-electron chi connectivity index (χ3n) is 2.45. The summed E-state index contributed by atoms with van der Waals surface area (Å²) in [5.74, 6) is 0.866. The molecule has 16 heavy (non-hydrogen) atoms. The van der Waals surface area contributed by atoms with Gasteiger partial charge in [0.05, 0.1) is 24.2 Å². The summed E-state index contributed by atoms with van der Waals surface area (Å²) < 4.78 is 1.52. The van der Waals surface area contributed by atoms with Crippen LogP contribution in [0.4, 0.5) is 5.82 Å². The van der Waals surface area contributed by atoms with Crippen LogP contribution in [0.2, 0.25) is 0 Å². The molecule has 1 fully saturated rings. The van der Waals surface area contributed by atoms with Gasteiger partial charge < -0.3 is 5.73 Å². The Morgan fingerprint density at radius 1 is 1.44 bits per heavy atom. The van der Waals surface area contributed by atoms with E-state index in [0.29, 0.717) is 22.9 Å². The minimum absolute atomic E-state index is 0.162. The number of rotatable bonds is 2. The average Bonchev–Trinajstić information content (AvgIpc) is 2.55. The second-order valence-electron chi connectivity index (χ2n) is 3.55. The van der Waals surface area contributed by atoms with Gasteiger partial charge in [0.15, 0.2) is 0 Å². The average molecular weight is 240 g/mol. The first-order valence-electron chi connectivity index (χ1n) is 4.77. The van der Waals surface area contributed by atoms with Crippen molar-refractivity contribution in [2.75, 3.05) is 17.2 Å². The first-order valence-corrected chi connectivity index (χ1v) is 5.92. The summed E-state index contributed by atoms with van der Waals surface area (Å²) in [6, 6.07) is 0. The van der Waals surface area contributed by atoms with E-state index in [-0.39, 0.29) is 18.4 Å². The molecule has 6 nitrogen and oxygen atoms in total. The first kappa shape index (κ1) is 11.0. The van der Waals surface area contributed by atoms with Gasteiger partial charge in [-0.1, -0.05) is 0 Å². The smallest absolute Gasteiger partial charge is 0.239 e. The predicted octanol–water partition coefficient (Wildman–Crippen LogP) is -0.396. The van der Waals surface area contributed by atoms with Crippen LogP contribution in [0.5, 0.6) is 0 Å². The molecule has 0 saturated carbocycles. The fraction of sp³-hybridized carbons (Fsp3) is 0.444. The summed E-state index contributed by atoms with van der Waals surface area (Å²) in [6.45, 7) is 0.220. The van der Waals surface area contributed by atoms with E-state index in [2.05, 4.69) is 5.10 Å². The highest BCUT2D eigenvalue weighted by atomic mass is 32.2. The standard InChI is InChI=1S/C9H12N4O2S/c1-12-9(10)6(2-11-12)3-13-7(14)4-16-5-8(13)15/h2H,3-5,10H2,1H3. The third-order valence-corrected chi connectivity index (χ3v) is 3.35. The second kappa shape index (κ2) is 4.17. The fourth-order valence-corrected chi connectivity index (χ4v) is 2.24. The molecular formula is C9H12N4O2S. The Bertz CT molecular complexity index is 427. The topological polar surface area (TPSA) is 81.2 Å². The lowest BCUT2D eigenvalue weighted by atomic mass is 10.3. The van der Waals surface area contributed by atoms with Gasteiger partial charge in [0, 0.05) is 12.6 Å². The third kappa shape index (κ3) is 1.90. The molecule has 0 bridgehead atoms. The van der Waals surface area contributed by atoms with Gasteiger partial charge in [-0.3, -0.25) is 19.2 Å². The van der Waals surface area contributed by atoms with Crippen LogP contribution in [-0.2, 0) is 23.2 Å². The van der Waals surface area contributed by atoms with E-state index in [1.165, 1.54) is 21.3 Å². The van der Waals surface area contributed by atoms with Crippen molar-refractivity contribution in [2.24, 2.45) is 7.05 Å². The molecule has 0 radical (unpaired) electrons. The van der Waals surface area contributed by atoms with E-state index in [0.717, 1.165) is 0 Å². The second-order valence-corrected chi connectivity index (χ2v) is 4.53. The molecule has 1 aromatic rings. The number of carbonyl (C=O) groups excluding carboxylic acids is 2. The number of anilines is 1. The van der Waals surface area contributed by atoms with Crippen LogP contribution < -0.4 is 5.73 Å². The summed E-state index contributed by atoms with van der Waals surface area (Å²) in [6.07, 6.45) is 1.58. The first-order chi connectivity index (χ1) is 7.59. The maximum absolute atomic E-state index is 11.5. The van der Waals surface area contributed by atoms with Gasteiger partial charge in [-0.15, -0.1) is 11.8 Å². The van der Waals surface area contributed by atoms with Crippen LogP contribution in [0.1, 0.15) is 5.56 Å². The van der Waals surface area contributed by atoms with Crippen LogP contribution in [0.15, 0.2) is 6.20 Å². The number of hydrogen-bond acceptors (Lipinski definition) is 5. The molecule has 1 saturated heterocycles. The van der Waals surface area contributed by atoms with Gasteiger partial charge in [0.25, 0.3) is 0 Å². The highest BCUT2D eigenvalue weighted by Gasteiger charge is 2.27. The van der Waals surface area contributed by atoms with Crippen molar-refractivity contribution < 1.29 is 9.59 Å². The van der Waals surface area contributed by atoms with Gasteiger partial charge in [-0.05, 0) is 0 Å². The summed E-state index contributed by atoms with van der Waals surface area (Å²) in [5, 5.41) is 3.97. The molecule has 7 heteroatoms. The van der Waals surface area contributed by atoms with Crippen molar-refractivity contribution in [1.82, 2.24) is 14.7 Å². The zero-order valence-electron chi connectivity index (χ0n) is 8.84. The SMILES string of the molecule is Cn1ncc(CN2C(=O)CSCC2=O)c1N. The van der Waals surface area contributed by atoms with E-state index >= 15 is 0 Å². The van der Waals surface area contributed by atoms with Crippen molar-refractivity contribution in [3.8, 4) is 0 Å². The molecule has 1 aromatic heterocycles. The normalized spacial score (nSPS) is 16.9. The summed E-state index contributed by atoms with van der Waals surface area (Å²) >= 11 is 1.34.